The van der Waals surface area contributed by atoms with Gasteiger partial charge in [-0.3, -0.25) is 10.1 Å². The second kappa shape index (κ2) is 3.45. The number of nitrogens with zero attached hydrogens (tertiary/aromatic N) is 1. The molecular weight excluding hydrogens is 242 g/mol. The highest BCUT2D eigenvalue weighted by Gasteiger charge is 2.13. The Morgan fingerprint density at radius 3 is 2.67 bits per heavy atom. The molecule has 0 fully saturated rings. The highest BCUT2D eigenvalue weighted by Crippen LogP contribution is 2.28. The average molecular weight is 248 g/mol. The number of nitro groups is 1. The third-order valence-electron chi connectivity index (χ3n) is 1.50. The van der Waals surface area contributed by atoms with Crippen LogP contribution in [-0.4, -0.2) is 4.92 Å². The molecular formula is C7H6BrNO2S. The molecule has 0 radical (unpaired) electrons. The van der Waals surface area contributed by atoms with E-state index in [0.717, 1.165) is 0 Å². The standard InChI is InChI=1S/C7H6BrNO2S/c1-4-6(8)2-5(12)3-7(4)9(10)11/h2-3,12H,1H3. The summed E-state index contributed by atoms with van der Waals surface area (Å²) in [5.41, 5.74) is 0.715. The van der Waals surface area contributed by atoms with Gasteiger partial charge in [0.1, 0.15) is 0 Å². The number of halogens is 1. The Kier molecular flexibility index (Phi) is 2.74. The SMILES string of the molecule is Cc1c(Br)cc(S)cc1[N+](=O)[O-]. The molecule has 0 aliphatic carbocycles. The topological polar surface area (TPSA) is 43.1 Å². The van der Waals surface area contributed by atoms with Gasteiger partial charge in [-0.25, -0.2) is 0 Å². The molecule has 64 valence electrons. The lowest BCUT2D eigenvalue weighted by molar-refractivity contribution is -0.385. The van der Waals surface area contributed by atoms with Crippen LogP contribution in [0.3, 0.4) is 0 Å². The van der Waals surface area contributed by atoms with Crippen LogP contribution in [0.4, 0.5) is 5.69 Å². The van der Waals surface area contributed by atoms with Crippen molar-refractivity contribution < 1.29 is 4.92 Å². The lowest BCUT2D eigenvalue weighted by Crippen LogP contribution is -1.92. The summed E-state index contributed by atoms with van der Waals surface area (Å²) in [6.45, 7) is 1.69. The fourth-order valence-electron chi connectivity index (χ4n) is 0.840. The van der Waals surface area contributed by atoms with Crippen molar-refractivity contribution in [1.82, 2.24) is 0 Å². The van der Waals surface area contributed by atoms with Crippen molar-refractivity contribution >= 4 is 34.2 Å². The first-order chi connectivity index (χ1) is 5.52. The molecule has 0 aliphatic rings. The second-order valence-corrected chi connectivity index (χ2v) is 3.70. The van der Waals surface area contributed by atoms with E-state index >= 15 is 0 Å². The largest absolute Gasteiger partial charge is 0.274 e. The summed E-state index contributed by atoms with van der Waals surface area (Å²) in [6.07, 6.45) is 0. The van der Waals surface area contributed by atoms with Crippen LogP contribution in [0.1, 0.15) is 5.56 Å². The van der Waals surface area contributed by atoms with Gasteiger partial charge in [0.2, 0.25) is 0 Å². The molecule has 0 heterocycles. The fourth-order valence-corrected chi connectivity index (χ4v) is 1.72. The molecule has 0 amide bonds. The van der Waals surface area contributed by atoms with Crippen molar-refractivity contribution in [2.45, 2.75) is 11.8 Å². The summed E-state index contributed by atoms with van der Waals surface area (Å²) >= 11 is 7.24. The Morgan fingerprint density at radius 2 is 2.17 bits per heavy atom. The van der Waals surface area contributed by atoms with Gasteiger partial charge in [0.25, 0.3) is 5.69 Å². The van der Waals surface area contributed by atoms with Gasteiger partial charge in [0.15, 0.2) is 0 Å². The van der Waals surface area contributed by atoms with Gasteiger partial charge in [-0.2, -0.15) is 0 Å². The molecule has 0 bridgehead atoms. The molecule has 0 aliphatic heterocycles. The number of hydrogen-bond donors (Lipinski definition) is 1. The molecule has 0 unspecified atom stereocenters. The van der Waals surface area contributed by atoms with Crippen molar-refractivity contribution in [3.63, 3.8) is 0 Å². The Bertz CT molecular complexity index is 340. The van der Waals surface area contributed by atoms with Gasteiger partial charge < -0.3 is 0 Å². The Balaban J connectivity index is 3.37. The van der Waals surface area contributed by atoms with Gasteiger partial charge in [-0.05, 0) is 13.0 Å². The van der Waals surface area contributed by atoms with Crippen LogP contribution in [0.15, 0.2) is 21.5 Å². The zero-order valence-electron chi connectivity index (χ0n) is 6.24. The van der Waals surface area contributed by atoms with Gasteiger partial charge in [0, 0.05) is 21.0 Å². The minimum atomic E-state index is -0.417. The Labute approximate surface area is 83.5 Å². The summed E-state index contributed by atoms with van der Waals surface area (Å²) in [5, 5.41) is 10.5. The molecule has 5 heteroatoms. The maximum absolute atomic E-state index is 10.5. The van der Waals surface area contributed by atoms with E-state index in [-0.39, 0.29) is 5.69 Å². The van der Waals surface area contributed by atoms with Crippen LogP contribution >= 0.6 is 28.6 Å². The number of nitro benzene ring substituents is 1. The number of thiol groups is 1. The molecule has 0 spiro atoms. The second-order valence-electron chi connectivity index (χ2n) is 2.33. The van der Waals surface area contributed by atoms with Crippen molar-refractivity contribution in [2.24, 2.45) is 0 Å². The first kappa shape index (κ1) is 9.54. The third kappa shape index (κ3) is 1.78. The zero-order chi connectivity index (χ0) is 9.30. The van der Waals surface area contributed by atoms with Crippen molar-refractivity contribution in [2.75, 3.05) is 0 Å². The smallest absolute Gasteiger partial charge is 0.258 e. The van der Waals surface area contributed by atoms with Crippen LogP contribution < -0.4 is 0 Å². The monoisotopic (exact) mass is 247 g/mol. The molecule has 12 heavy (non-hydrogen) atoms. The van der Waals surface area contributed by atoms with Crippen molar-refractivity contribution in [3.05, 3.63) is 32.3 Å². The summed E-state index contributed by atoms with van der Waals surface area (Å²) in [6, 6.07) is 3.16. The van der Waals surface area contributed by atoms with E-state index in [1.807, 2.05) is 0 Å². The number of benzene rings is 1. The van der Waals surface area contributed by atoms with Crippen LogP contribution in [0, 0.1) is 17.0 Å². The van der Waals surface area contributed by atoms with E-state index in [1.165, 1.54) is 6.07 Å². The van der Waals surface area contributed by atoms with Gasteiger partial charge in [-0.15, -0.1) is 12.6 Å². The number of hydrogen-bond acceptors (Lipinski definition) is 3. The minimum absolute atomic E-state index is 0.0920. The summed E-state index contributed by atoms with van der Waals surface area (Å²) < 4.78 is 0.710. The van der Waals surface area contributed by atoms with Gasteiger partial charge in [-0.1, -0.05) is 15.9 Å². The predicted molar refractivity (Wildman–Crippen MR) is 52.8 cm³/mol. The van der Waals surface area contributed by atoms with Crippen LogP contribution in [0.5, 0.6) is 0 Å². The highest BCUT2D eigenvalue weighted by atomic mass is 79.9. The first-order valence-corrected chi connectivity index (χ1v) is 4.40. The molecule has 0 N–H and O–H groups in total. The lowest BCUT2D eigenvalue weighted by atomic mass is 10.2. The first-order valence-electron chi connectivity index (χ1n) is 3.16. The molecule has 0 saturated heterocycles. The van der Waals surface area contributed by atoms with E-state index in [2.05, 4.69) is 28.6 Å². The molecule has 3 nitrogen and oxygen atoms in total. The van der Waals surface area contributed by atoms with Crippen LogP contribution in [0.2, 0.25) is 0 Å². The van der Waals surface area contributed by atoms with Crippen molar-refractivity contribution in [3.8, 4) is 0 Å². The molecule has 1 aromatic carbocycles. The third-order valence-corrected chi connectivity index (χ3v) is 2.58. The Morgan fingerprint density at radius 1 is 1.58 bits per heavy atom. The average Bonchev–Trinajstić information content (AvgIpc) is 1.96. The summed E-state index contributed by atoms with van der Waals surface area (Å²) in [5.74, 6) is 0. The van der Waals surface area contributed by atoms with E-state index < -0.39 is 4.92 Å². The quantitative estimate of drug-likeness (QED) is 0.471. The maximum Gasteiger partial charge on any atom is 0.274 e. The van der Waals surface area contributed by atoms with Gasteiger partial charge >= 0.3 is 0 Å². The van der Waals surface area contributed by atoms with E-state index in [1.54, 1.807) is 13.0 Å². The zero-order valence-corrected chi connectivity index (χ0v) is 8.72. The lowest BCUT2D eigenvalue weighted by Gasteiger charge is -2.00. The Hall–Kier alpha value is -0.550. The molecule has 0 aromatic heterocycles. The molecule has 1 aromatic rings. The highest BCUT2D eigenvalue weighted by molar-refractivity contribution is 9.10. The van der Waals surface area contributed by atoms with E-state index in [4.69, 9.17) is 0 Å². The fraction of sp³-hybridized carbons (Fsp3) is 0.143. The summed E-state index contributed by atoms with van der Waals surface area (Å²) in [7, 11) is 0. The normalized spacial score (nSPS) is 9.92. The minimum Gasteiger partial charge on any atom is -0.258 e. The molecule has 0 saturated carbocycles. The van der Waals surface area contributed by atoms with E-state index in [0.29, 0.717) is 14.9 Å². The predicted octanol–water partition coefficient (Wildman–Crippen LogP) is 2.95. The molecule has 0 atom stereocenters. The van der Waals surface area contributed by atoms with E-state index in [9.17, 15) is 10.1 Å². The van der Waals surface area contributed by atoms with Crippen molar-refractivity contribution in [1.29, 1.82) is 0 Å². The maximum atomic E-state index is 10.5. The number of rotatable bonds is 1. The molecule has 1 rings (SSSR count). The van der Waals surface area contributed by atoms with Crippen LogP contribution in [0.25, 0.3) is 0 Å². The summed E-state index contributed by atoms with van der Waals surface area (Å²) in [4.78, 5) is 10.6. The van der Waals surface area contributed by atoms with Gasteiger partial charge in [0.05, 0.1) is 4.92 Å². The van der Waals surface area contributed by atoms with Crippen LogP contribution in [-0.2, 0) is 0 Å².